The average molecular weight is 318 g/mol. The van der Waals surface area contributed by atoms with Crippen molar-refractivity contribution in [3.63, 3.8) is 0 Å². The summed E-state index contributed by atoms with van der Waals surface area (Å²) < 4.78 is 2.06. The van der Waals surface area contributed by atoms with Gasteiger partial charge in [-0.1, -0.05) is 0 Å². The van der Waals surface area contributed by atoms with Crippen LogP contribution in [0.2, 0.25) is 0 Å². The van der Waals surface area contributed by atoms with Gasteiger partial charge in [-0.15, -0.1) is 0 Å². The molecule has 0 unspecified atom stereocenters. The van der Waals surface area contributed by atoms with Crippen molar-refractivity contribution in [2.24, 2.45) is 0 Å². The number of piperidine rings is 1. The van der Waals surface area contributed by atoms with Crippen LogP contribution in [0.25, 0.3) is 0 Å². The maximum atomic E-state index is 12.9. The number of hydrogen-bond acceptors (Lipinski definition) is 3. The van der Waals surface area contributed by atoms with E-state index in [0.717, 1.165) is 43.6 Å². The zero-order valence-corrected chi connectivity index (χ0v) is 14.3. The number of nitrogens with zero attached hydrogens (tertiary/aromatic N) is 4. The molecule has 0 radical (unpaired) electrons. The fourth-order valence-electron chi connectivity index (χ4n) is 3.98. The molecule has 0 bridgehead atoms. The lowest BCUT2D eigenvalue weighted by atomic mass is 10.0. The molecule has 3 heterocycles. The molecule has 0 spiro atoms. The van der Waals surface area contributed by atoms with Crippen molar-refractivity contribution < 1.29 is 9.59 Å². The molecule has 6 nitrogen and oxygen atoms in total. The summed E-state index contributed by atoms with van der Waals surface area (Å²) in [6.45, 7) is 7.81. The van der Waals surface area contributed by atoms with Crippen molar-refractivity contribution in [1.82, 2.24) is 19.6 Å². The Morgan fingerprint density at radius 1 is 1.17 bits per heavy atom. The summed E-state index contributed by atoms with van der Waals surface area (Å²) in [6.07, 6.45) is 3.75. The predicted octanol–water partition coefficient (Wildman–Crippen LogP) is 1.67. The van der Waals surface area contributed by atoms with Crippen molar-refractivity contribution in [2.45, 2.75) is 58.5 Å². The standard InChI is InChI=1S/C17H26N4O2/c1-12-10-13(2)21(18-12)15-6-4-8-19(11-15)17(23)16-7-5-9-20(16)14(3)22/h10,15-16H,4-9,11H2,1-3H3/t15-,16-/m1/s1. The second-order valence-corrected chi connectivity index (χ2v) is 6.82. The van der Waals surface area contributed by atoms with E-state index in [9.17, 15) is 9.59 Å². The van der Waals surface area contributed by atoms with Crippen LogP contribution in [-0.4, -0.2) is 57.1 Å². The number of rotatable bonds is 2. The van der Waals surface area contributed by atoms with Crippen molar-refractivity contribution in [1.29, 1.82) is 0 Å². The van der Waals surface area contributed by atoms with E-state index in [2.05, 4.69) is 22.8 Å². The zero-order valence-electron chi connectivity index (χ0n) is 14.3. The van der Waals surface area contributed by atoms with Gasteiger partial charge in [0.05, 0.1) is 11.7 Å². The van der Waals surface area contributed by atoms with Crippen LogP contribution in [-0.2, 0) is 9.59 Å². The maximum Gasteiger partial charge on any atom is 0.245 e. The Bertz CT molecular complexity index is 610. The third kappa shape index (κ3) is 3.12. The van der Waals surface area contributed by atoms with Gasteiger partial charge in [-0.2, -0.15) is 5.10 Å². The number of carbonyl (C=O) groups excluding carboxylic acids is 2. The Morgan fingerprint density at radius 3 is 2.57 bits per heavy atom. The van der Waals surface area contributed by atoms with Gasteiger partial charge < -0.3 is 9.80 Å². The minimum Gasteiger partial charge on any atom is -0.339 e. The topological polar surface area (TPSA) is 58.4 Å². The molecule has 2 aliphatic rings. The number of aryl methyl sites for hydroxylation is 2. The van der Waals surface area contributed by atoms with Gasteiger partial charge in [-0.05, 0) is 45.6 Å². The molecule has 0 saturated carbocycles. The van der Waals surface area contributed by atoms with Crippen LogP contribution in [0.5, 0.6) is 0 Å². The second-order valence-electron chi connectivity index (χ2n) is 6.82. The summed E-state index contributed by atoms with van der Waals surface area (Å²) in [5.41, 5.74) is 2.16. The van der Waals surface area contributed by atoms with Crippen molar-refractivity contribution in [2.75, 3.05) is 19.6 Å². The first kappa shape index (κ1) is 16.0. The third-order valence-electron chi connectivity index (χ3n) is 5.04. The SMILES string of the molecule is CC(=O)N1CCC[C@@H]1C(=O)N1CCC[C@@H](n2nc(C)cc2C)C1. The summed E-state index contributed by atoms with van der Waals surface area (Å²) in [6, 6.07) is 2.06. The summed E-state index contributed by atoms with van der Waals surface area (Å²) >= 11 is 0. The van der Waals surface area contributed by atoms with Crippen LogP contribution in [0.4, 0.5) is 0 Å². The van der Waals surface area contributed by atoms with Gasteiger partial charge in [0.2, 0.25) is 11.8 Å². The van der Waals surface area contributed by atoms with Crippen molar-refractivity contribution >= 4 is 11.8 Å². The van der Waals surface area contributed by atoms with Crippen LogP contribution in [0.15, 0.2) is 6.07 Å². The Hall–Kier alpha value is -1.85. The molecule has 0 N–H and O–H groups in total. The van der Waals surface area contributed by atoms with Crippen molar-refractivity contribution in [3.8, 4) is 0 Å². The van der Waals surface area contributed by atoms with Crippen molar-refractivity contribution in [3.05, 3.63) is 17.5 Å². The van der Waals surface area contributed by atoms with E-state index in [1.165, 1.54) is 0 Å². The van der Waals surface area contributed by atoms with E-state index in [1.807, 2.05) is 11.8 Å². The van der Waals surface area contributed by atoms with E-state index in [-0.39, 0.29) is 23.9 Å². The van der Waals surface area contributed by atoms with E-state index < -0.39 is 0 Å². The van der Waals surface area contributed by atoms with E-state index >= 15 is 0 Å². The normalized spacial score (nSPS) is 25.0. The van der Waals surface area contributed by atoms with Gasteiger partial charge in [0.15, 0.2) is 0 Å². The summed E-state index contributed by atoms with van der Waals surface area (Å²) in [5.74, 6) is 0.122. The van der Waals surface area contributed by atoms with Crippen LogP contribution < -0.4 is 0 Å². The zero-order chi connectivity index (χ0) is 16.6. The number of hydrogen-bond donors (Lipinski definition) is 0. The highest BCUT2D eigenvalue weighted by atomic mass is 16.2. The largest absolute Gasteiger partial charge is 0.339 e. The summed E-state index contributed by atoms with van der Waals surface area (Å²) in [7, 11) is 0. The molecule has 2 aliphatic heterocycles. The number of aromatic nitrogens is 2. The smallest absolute Gasteiger partial charge is 0.245 e. The number of likely N-dealkylation sites (tertiary alicyclic amines) is 2. The lowest BCUT2D eigenvalue weighted by Crippen LogP contribution is -2.50. The summed E-state index contributed by atoms with van der Waals surface area (Å²) in [5, 5.41) is 4.58. The van der Waals surface area contributed by atoms with Crippen LogP contribution in [0, 0.1) is 13.8 Å². The quantitative estimate of drug-likeness (QED) is 0.833. The Labute approximate surface area is 137 Å². The number of carbonyl (C=O) groups is 2. The maximum absolute atomic E-state index is 12.9. The van der Waals surface area contributed by atoms with E-state index in [1.54, 1.807) is 11.8 Å². The molecule has 6 heteroatoms. The van der Waals surface area contributed by atoms with Crippen LogP contribution >= 0.6 is 0 Å². The fraction of sp³-hybridized carbons (Fsp3) is 0.706. The average Bonchev–Trinajstić information content (AvgIpc) is 3.13. The molecule has 2 atom stereocenters. The molecule has 1 aromatic rings. The Kier molecular flexibility index (Phi) is 4.41. The van der Waals surface area contributed by atoms with Gasteiger partial charge in [0.25, 0.3) is 0 Å². The van der Waals surface area contributed by atoms with E-state index in [4.69, 9.17) is 0 Å². The molecular weight excluding hydrogens is 292 g/mol. The monoisotopic (exact) mass is 318 g/mol. The lowest BCUT2D eigenvalue weighted by molar-refractivity contribution is -0.144. The highest BCUT2D eigenvalue weighted by Gasteiger charge is 2.37. The first-order valence-corrected chi connectivity index (χ1v) is 8.56. The van der Waals surface area contributed by atoms with Gasteiger partial charge in [0.1, 0.15) is 6.04 Å². The Balaban J connectivity index is 1.72. The van der Waals surface area contributed by atoms with Gasteiger partial charge in [-0.25, -0.2) is 0 Å². The van der Waals surface area contributed by atoms with Gasteiger partial charge in [0, 0.05) is 32.3 Å². The fourth-order valence-corrected chi connectivity index (χ4v) is 3.98. The summed E-state index contributed by atoms with van der Waals surface area (Å²) in [4.78, 5) is 28.3. The molecule has 3 rings (SSSR count). The van der Waals surface area contributed by atoms with Crippen LogP contribution in [0.3, 0.4) is 0 Å². The molecule has 0 aromatic carbocycles. The molecule has 0 aliphatic carbocycles. The first-order valence-electron chi connectivity index (χ1n) is 8.56. The molecule has 1 aromatic heterocycles. The predicted molar refractivity (Wildman–Crippen MR) is 87.0 cm³/mol. The molecule has 23 heavy (non-hydrogen) atoms. The highest BCUT2D eigenvalue weighted by molar-refractivity contribution is 5.87. The first-order chi connectivity index (χ1) is 11.0. The molecule has 2 saturated heterocycles. The molecule has 2 amide bonds. The lowest BCUT2D eigenvalue weighted by Gasteiger charge is -2.36. The highest BCUT2D eigenvalue weighted by Crippen LogP contribution is 2.26. The number of amides is 2. The molecule has 126 valence electrons. The molecule has 2 fully saturated rings. The Morgan fingerprint density at radius 2 is 1.91 bits per heavy atom. The molecular formula is C17H26N4O2. The van der Waals surface area contributed by atoms with Gasteiger partial charge >= 0.3 is 0 Å². The minimum absolute atomic E-state index is 0.00737. The van der Waals surface area contributed by atoms with Gasteiger partial charge in [-0.3, -0.25) is 14.3 Å². The van der Waals surface area contributed by atoms with E-state index in [0.29, 0.717) is 13.1 Å². The van der Waals surface area contributed by atoms with Crippen LogP contribution in [0.1, 0.15) is 50.0 Å². The second kappa shape index (κ2) is 6.34. The third-order valence-corrected chi connectivity index (χ3v) is 5.04. The minimum atomic E-state index is -0.258.